The van der Waals surface area contributed by atoms with E-state index in [0.29, 0.717) is 6.54 Å². The fourth-order valence-electron chi connectivity index (χ4n) is 2.66. The van der Waals surface area contributed by atoms with Crippen LogP contribution in [0.4, 0.5) is 0 Å². The Labute approximate surface area is 124 Å². The van der Waals surface area contributed by atoms with Gasteiger partial charge in [0.1, 0.15) is 5.03 Å². The summed E-state index contributed by atoms with van der Waals surface area (Å²) in [5.41, 5.74) is 12.3. The van der Waals surface area contributed by atoms with E-state index in [-0.39, 0.29) is 0 Å². The Hall–Kier alpha value is -1.32. The van der Waals surface area contributed by atoms with E-state index in [9.17, 15) is 0 Å². The van der Waals surface area contributed by atoms with E-state index >= 15 is 0 Å². The van der Waals surface area contributed by atoms with Crippen molar-refractivity contribution >= 4 is 11.8 Å². The molecule has 1 aliphatic carbocycles. The van der Waals surface area contributed by atoms with E-state index in [0.717, 1.165) is 17.9 Å². The van der Waals surface area contributed by atoms with E-state index in [4.69, 9.17) is 10.7 Å². The molecule has 0 saturated heterocycles. The van der Waals surface area contributed by atoms with Crippen molar-refractivity contribution < 1.29 is 0 Å². The van der Waals surface area contributed by atoms with Crippen LogP contribution >= 0.6 is 11.8 Å². The smallest absolute Gasteiger partial charge is 0.106 e. The van der Waals surface area contributed by atoms with Crippen LogP contribution in [-0.2, 0) is 19.4 Å². The van der Waals surface area contributed by atoms with Gasteiger partial charge in [0.25, 0.3) is 0 Å². The summed E-state index contributed by atoms with van der Waals surface area (Å²) < 4.78 is 0. The Morgan fingerprint density at radius 2 is 2.05 bits per heavy atom. The average molecular weight is 284 g/mol. The monoisotopic (exact) mass is 284 g/mol. The molecule has 0 aliphatic heterocycles. The number of rotatable bonds is 3. The summed E-state index contributed by atoms with van der Waals surface area (Å²) in [6, 6.07) is 8.82. The van der Waals surface area contributed by atoms with Gasteiger partial charge in [0.2, 0.25) is 0 Å². The Kier molecular flexibility index (Phi) is 3.81. The lowest BCUT2D eigenvalue weighted by molar-refractivity contribution is 0.884. The van der Waals surface area contributed by atoms with Crippen molar-refractivity contribution in [3.8, 4) is 0 Å². The van der Waals surface area contributed by atoms with E-state index in [1.807, 2.05) is 0 Å². The first-order chi connectivity index (χ1) is 9.67. The minimum atomic E-state index is 0.563. The van der Waals surface area contributed by atoms with E-state index in [2.05, 4.69) is 38.1 Å². The number of hydrogen-bond acceptors (Lipinski definition) is 3. The van der Waals surface area contributed by atoms with Crippen LogP contribution in [0.3, 0.4) is 0 Å². The van der Waals surface area contributed by atoms with Crippen molar-refractivity contribution in [3.63, 3.8) is 0 Å². The van der Waals surface area contributed by atoms with Gasteiger partial charge in [0, 0.05) is 17.1 Å². The van der Waals surface area contributed by atoms with Crippen molar-refractivity contribution in [2.24, 2.45) is 5.73 Å². The number of nitrogens with zero attached hydrogens (tertiary/aromatic N) is 1. The second-order valence-corrected chi connectivity index (χ2v) is 6.52. The summed E-state index contributed by atoms with van der Waals surface area (Å²) in [5.74, 6) is 0. The molecule has 1 aromatic heterocycles. The normalized spacial score (nSPS) is 13.6. The number of aryl methyl sites for hydroxylation is 4. The van der Waals surface area contributed by atoms with Crippen LogP contribution in [0, 0.1) is 13.8 Å². The molecule has 0 amide bonds. The van der Waals surface area contributed by atoms with Gasteiger partial charge >= 0.3 is 0 Å². The number of hydrogen-bond donors (Lipinski definition) is 1. The first-order valence-corrected chi connectivity index (χ1v) is 7.96. The van der Waals surface area contributed by atoms with Gasteiger partial charge in [-0.3, -0.25) is 0 Å². The largest absolute Gasteiger partial charge is 0.326 e. The summed E-state index contributed by atoms with van der Waals surface area (Å²) in [6.07, 6.45) is 3.49. The zero-order chi connectivity index (χ0) is 14.1. The van der Waals surface area contributed by atoms with Crippen LogP contribution in [-0.4, -0.2) is 4.98 Å². The third-order valence-corrected chi connectivity index (χ3v) is 5.07. The molecule has 0 saturated carbocycles. The zero-order valence-corrected chi connectivity index (χ0v) is 12.9. The summed E-state index contributed by atoms with van der Waals surface area (Å²) in [5, 5.41) is 1.09. The molecule has 1 aliphatic rings. The maximum Gasteiger partial charge on any atom is 0.106 e. The maximum atomic E-state index is 5.91. The molecule has 0 bridgehead atoms. The molecule has 2 aromatic rings. The predicted molar refractivity (Wildman–Crippen MR) is 84.2 cm³/mol. The van der Waals surface area contributed by atoms with Crippen molar-refractivity contribution in [1.82, 2.24) is 4.98 Å². The molecule has 0 unspecified atom stereocenters. The van der Waals surface area contributed by atoms with Crippen LogP contribution < -0.4 is 5.73 Å². The molecule has 3 rings (SSSR count). The lowest BCUT2D eigenvalue weighted by Gasteiger charge is -2.12. The van der Waals surface area contributed by atoms with Crippen LogP contribution in [0.1, 0.15) is 34.4 Å². The molecular weight excluding hydrogens is 264 g/mol. The van der Waals surface area contributed by atoms with E-state index in [1.54, 1.807) is 11.8 Å². The number of nitrogens with two attached hydrogens (primary N) is 1. The molecule has 2 N–H and O–H groups in total. The second kappa shape index (κ2) is 5.58. The number of fused-ring (bicyclic) bond motifs is 1. The highest BCUT2D eigenvalue weighted by Crippen LogP contribution is 2.34. The minimum absolute atomic E-state index is 0.563. The minimum Gasteiger partial charge on any atom is -0.326 e. The summed E-state index contributed by atoms with van der Waals surface area (Å²) in [6.45, 7) is 4.84. The molecule has 20 heavy (non-hydrogen) atoms. The Morgan fingerprint density at radius 3 is 2.85 bits per heavy atom. The summed E-state index contributed by atoms with van der Waals surface area (Å²) in [7, 11) is 0. The van der Waals surface area contributed by atoms with Crippen molar-refractivity contribution in [3.05, 3.63) is 52.2 Å². The molecule has 104 valence electrons. The predicted octanol–water partition coefficient (Wildman–Crippen LogP) is 3.80. The van der Waals surface area contributed by atoms with Gasteiger partial charge in [-0.05, 0) is 61.4 Å². The first-order valence-electron chi connectivity index (χ1n) is 7.14. The number of benzene rings is 1. The highest BCUT2D eigenvalue weighted by atomic mass is 32.2. The van der Waals surface area contributed by atoms with Crippen molar-refractivity contribution in [1.29, 1.82) is 0 Å². The summed E-state index contributed by atoms with van der Waals surface area (Å²) >= 11 is 1.75. The zero-order valence-electron chi connectivity index (χ0n) is 12.1. The summed E-state index contributed by atoms with van der Waals surface area (Å²) in [4.78, 5) is 6.16. The lowest BCUT2D eigenvalue weighted by Crippen LogP contribution is -2.03. The van der Waals surface area contributed by atoms with Gasteiger partial charge < -0.3 is 5.73 Å². The first kappa shape index (κ1) is 13.7. The van der Waals surface area contributed by atoms with Gasteiger partial charge in [0.15, 0.2) is 0 Å². The molecule has 2 nitrogen and oxygen atoms in total. The Bertz CT molecular complexity index is 650. The maximum absolute atomic E-state index is 5.91. The van der Waals surface area contributed by atoms with Crippen LogP contribution in [0.5, 0.6) is 0 Å². The third kappa shape index (κ3) is 2.60. The Morgan fingerprint density at radius 1 is 1.20 bits per heavy atom. The highest BCUT2D eigenvalue weighted by Gasteiger charge is 2.17. The SMILES string of the molecule is Cc1ccc(C)c(Sc2nc3c(cc2CN)CCC3)c1. The molecule has 0 radical (unpaired) electrons. The van der Waals surface area contributed by atoms with Gasteiger partial charge in [-0.1, -0.05) is 30.0 Å². The number of pyridine rings is 1. The molecule has 0 spiro atoms. The van der Waals surface area contributed by atoms with Gasteiger partial charge in [-0.25, -0.2) is 4.98 Å². The molecule has 1 aromatic carbocycles. The second-order valence-electron chi connectivity index (χ2n) is 5.49. The van der Waals surface area contributed by atoms with E-state index in [1.165, 1.54) is 39.3 Å². The van der Waals surface area contributed by atoms with Crippen molar-refractivity contribution in [2.75, 3.05) is 0 Å². The third-order valence-electron chi connectivity index (χ3n) is 3.86. The van der Waals surface area contributed by atoms with Crippen LogP contribution in [0.15, 0.2) is 34.2 Å². The average Bonchev–Trinajstić information content (AvgIpc) is 2.89. The number of aromatic nitrogens is 1. The fourth-order valence-corrected chi connectivity index (χ4v) is 3.77. The van der Waals surface area contributed by atoms with Gasteiger partial charge in [-0.2, -0.15) is 0 Å². The highest BCUT2D eigenvalue weighted by molar-refractivity contribution is 7.99. The fraction of sp³-hybridized carbons (Fsp3) is 0.353. The molecule has 0 atom stereocenters. The quantitative estimate of drug-likeness (QED) is 0.932. The standard InChI is InChI=1S/C17H20N2S/c1-11-6-7-12(2)16(8-11)20-17-14(10-18)9-13-4-3-5-15(13)19-17/h6-9H,3-5,10,18H2,1-2H3. The van der Waals surface area contributed by atoms with E-state index < -0.39 is 0 Å². The van der Waals surface area contributed by atoms with Crippen molar-refractivity contribution in [2.45, 2.75) is 49.6 Å². The molecule has 3 heteroatoms. The molecular formula is C17H20N2S. The molecule has 0 fully saturated rings. The molecule has 1 heterocycles. The van der Waals surface area contributed by atoms with Crippen LogP contribution in [0.25, 0.3) is 0 Å². The topological polar surface area (TPSA) is 38.9 Å². The lowest BCUT2D eigenvalue weighted by atomic mass is 10.1. The van der Waals surface area contributed by atoms with Gasteiger partial charge in [-0.15, -0.1) is 0 Å². The Balaban J connectivity index is 1.99. The van der Waals surface area contributed by atoms with Crippen LogP contribution in [0.2, 0.25) is 0 Å². The van der Waals surface area contributed by atoms with Gasteiger partial charge in [0.05, 0.1) is 0 Å².